The van der Waals surface area contributed by atoms with Gasteiger partial charge in [-0.15, -0.1) is 0 Å². The van der Waals surface area contributed by atoms with E-state index in [9.17, 15) is 0 Å². The van der Waals surface area contributed by atoms with Crippen molar-refractivity contribution < 1.29 is 28.4 Å². The molecule has 5 atom stereocenters. The average Bonchev–Trinajstić information content (AvgIpc) is 3.25. The Morgan fingerprint density at radius 1 is 0.596 bits per heavy atom. The first-order valence-electron chi connectivity index (χ1n) is 19.6. The van der Waals surface area contributed by atoms with Crippen molar-refractivity contribution in [2.24, 2.45) is 0 Å². The van der Waals surface area contributed by atoms with Gasteiger partial charge in [0.2, 0.25) is 0 Å². The van der Waals surface area contributed by atoms with Crippen molar-refractivity contribution in [3.05, 3.63) is 208 Å². The summed E-state index contributed by atoms with van der Waals surface area (Å²) in [5.74, 6) is 0.851. The molecule has 0 unspecified atom stereocenters. The topological polar surface area (TPSA) is 55.4 Å². The minimum Gasteiger partial charge on any atom is -0.494 e. The van der Waals surface area contributed by atoms with Crippen LogP contribution in [0.15, 0.2) is 181 Å². The van der Waals surface area contributed by atoms with Gasteiger partial charge in [0.05, 0.1) is 39.6 Å². The van der Waals surface area contributed by atoms with Crippen LogP contribution in [0.5, 0.6) is 5.75 Å². The highest BCUT2D eigenvalue weighted by Gasteiger charge is 2.49. The van der Waals surface area contributed by atoms with E-state index in [2.05, 4.69) is 67.2 Å². The molecule has 0 aromatic heterocycles. The highest BCUT2D eigenvalue weighted by molar-refractivity contribution is 6.31. The van der Waals surface area contributed by atoms with Gasteiger partial charge in [-0.3, -0.25) is 0 Å². The highest BCUT2D eigenvalue weighted by Crippen LogP contribution is 2.34. The van der Waals surface area contributed by atoms with E-state index in [-0.39, 0.29) is 6.61 Å². The first-order valence-corrected chi connectivity index (χ1v) is 20.0. The second-order valence-electron chi connectivity index (χ2n) is 14.2. The summed E-state index contributed by atoms with van der Waals surface area (Å²) in [6.07, 6.45) is 1.70. The van der Waals surface area contributed by atoms with Gasteiger partial charge in [-0.1, -0.05) is 163 Å². The van der Waals surface area contributed by atoms with Gasteiger partial charge in [0.1, 0.15) is 36.3 Å². The molecule has 296 valence electrons. The third kappa shape index (κ3) is 12.9. The first kappa shape index (κ1) is 41.8. The van der Waals surface area contributed by atoms with Gasteiger partial charge in [-0.2, -0.15) is 0 Å². The van der Waals surface area contributed by atoms with E-state index in [4.69, 9.17) is 40.0 Å². The zero-order chi connectivity index (χ0) is 39.7. The largest absolute Gasteiger partial charge is 0.494 e. The maximum absolute atomic E-state index is 7.01. The van der Waals surface area contributed by atoms with E-state index in [1.807, 2.05) is 111 Å². The molecule has 0 N–H and O–H groups in total. The van der Waals surface area contributed by atoms with Gasteiger partial charge in [0.25, 0.3) is 0 Å². The van der Waals surface area contributed by atoms with E-state index >= 15 is 0 Å². The fourth-order valence-corrected chi connectivity index (χ4v) is 6.90. The molecule has 0 aliphatic carbocycles. The Morgan fingerprint density at radius 2 is 1.07 bits per heavy atom. The molecule has 0 spiro atoms. The van der Waals surface area contributed by atoms with Crippen molar-refractivity contribution in [3.8, 4) is 5.75 Å². The second kappa shape index (κ2) is 22.2. The minimum absolute atomic E-state index is 0.264. The van der Waals surface area contributed by atoms with Crippen molar-refractivity contribution in [2.75, 3.05) is 13.2 Å². The summed E-state index contributed by atoms with van der Waals surface area (Å²) in [5.41, 5.74) is 7.05. The molecule has 5 aromatic rings. The van der Waals surface area contributed by atoms with Crippen LogP contribution < -0.4 is 4.74 Å². The smallest absolute Gasteiger partial charge is 0.119 e. The van der Waals surface area contributed by atoms with Crippen LogP contribution in [-0.4, -0.2) is 43.7 Å². The quantitative estimate of drug-likeness (QED) is 0.0733. The van der Waals surface area contributed by atoms with E-state index in [0.717, 1.165) is 39.1 Å². The van der Waals surface area contributed by atoms with Crippen molar-refractivity contribution in [1.82, 2.24) is 0 Å². The number of rotatable bonds is 20. The zero-order valence-corrected chi connectivity index (χ0v) is 33.6. The predicted molar refractivity (Wildman–Crippen MR) is 228 cm³/mol. The van der Waals surface area contributed by atoms with Crippen LogP contribution in [0.4, 0.5) is 0 Å². The number of allylic oxidation sites excluding steroid dienone is 3. The summed E-state index contributed by atoms with van der Waals surface area (Å²) < 4.78 is 39.6. The van der Waals surface area contributed by atoms with Gasteiger partial charge in [-0.25, -0.2) is 0 Å². The summed E-state index contributed by atoms with van der Waals surface area (Å²) in [6.45, 7) is 10.9. The Hall–Kier alpha value is -4.79. The second-order valence-corrected chi connectivity index (χ2v) is 14.6. The maximum atomic E-state index is 7.01. The number of ether oxygens (including phenoxy) is 6. The van der Waals surface area contributed by atoms with Crippen LogP contribution in [0.3, 0.4) is 0 Å². The molecule has 0 bridgehead atoms. The normalized spacial score (nSPS) is 19.9. The van der Waals surface area contributed by atoms with Crippen LogP contribution in [0, 0.1) is 0 Å². The zero-order valence-electron chi connectivity index (χ0n) is 32.9. The molecule has 0 amide bonds. The SMILES string of the molecule is C=C(/C=C\C(Cl)=C(/C)Cc1ccc(OCC)cc1)[C@@H]1O[C@H](COCc2ccccc2)[C@@H](OCc2ccccc2)[C@H](OCc2ccccc2)[C@H]1OCc1ccccc1. The van der Waals surface area contributed by atoms with Crippen LogP contribution in [0.25, 0.3) is 0 Å². The average molecular weight is 785 g/mol. The molecular formula is C50H53ClO6. The van der Waals surface area contributed by atoms with E-state index in [1.54, 1.807) is 0 Å². The van der Waals surface area contributed by atoms with Crippen molar-refractivity contribution in [1.29, 1.82) is 0 Å². The van der Waals surface area contributed by atoms with E-state index in [1.165, 1.54) is 0 Å². The van der Waals surface area contributed by atoms with Gasteiger partial charge < -0.3 is 28.4 Å². The molecule has 7 heteroatoms. The predicted octanol–water partition coefficient (Wildman–Crippen LogP) is 11.0. The van der Waals surface area contributed by atoms with Gasteiger partial charge in [-0.05, 0) is 71.9 Å². The Morgan fingerprint density at radius 3 is 1.58 bits per heavy atom. The molecule has 5 aromatic carbocycles. The van der Waals surface area contributed by atoms with Crippen LogP contribution >= 0.6 is 11.6 Å². The summed E-state index contributed by atoms with van der Waals surface area (Å²) in [7, 11) is 0. The molecule has 57 heavy (non-hydrogen) atoms. The fraction of sp³-hybridized carbons (Fsp3) is 0.280. The summed E-state index contributed by atoms with van der Waals surface area (Å²) in [6, 6.07) is 48.6. The molecule has 1 fully saturated rings. The Bertz CT molecular complexity index is 1980. The van der Waals surface area contributed by atoms with Gasteiger partial charge in [0.15, 0.2) is 0 Å². The molecular weight excluding hydrogens is 732 g/mol. The first-order chi connectivity index (χ1) is 28.0. The lowest BCUT2D eigenvalue weighted by Gasteiger charge is -2.46. The molecule has 1 aliphatic rings. The molecule has 0 radical (unpaired) electrons. The third-order valence-corrected chi connectivity index (χ3v) is 10.3. The van der Waals surface area contributed by atoms with Crippen LogP contribution in [-0.2, 0) is 56.5 Å². The molecule has 0 saturated carbocycles. The molecule has 6 nitrogen and oxygen atoms in total. The van der Waals surface area contributed by atoms with Crippen LogP contribution in [0.1, 0.15) is 41.7 Å². The maximum Gasteiger partial charge on any atom is 0.119 e. The van der Waals surface area contributed by atoms with Crippen molar-refractivity contribution in [3.63, 3.8) is 0 Å². The summed E-state index contributed by atoms with van der Waals surface area (Å²) in [4.78, 5) is 0. The lowest BCUT2D eigenvalue weighted by atomic mass is 9.90. The van der Waals surface area contributed by atoms with E-state index in [0.29, 0.717) is 50.1 Å². The van der Waals surface area contributed by atoms with Crippen molar-refractivity contribution >= 4 is 11.6 Å². The Labute approximate surface area is 343 Å². The van der Waals surface area contributed by atoms with Gasteiger partial charge >= 0.3 is 0 Å². The standard InChI is InChI=1S/C50H53ClO6/c1-4-53-44-28-26-39(27-29-44)31-38(3)45(51)30-25-37(2)47-49(55-34-42-21-13-7-14-22-42)50(56-35-43-23-15-8-16-24-43)48(54-33-41-19-11-6-12-20-41)46(57-47)36-52-32-40-17-9-5-10-18-40/h5-30,46-50H,2,4,31-36H2,1,3H3/b30-25-,45-38-/t46-,47+,48-,49+,50+/m1/s1. The summed E-state index contributed by atoms with van der Waals surface area (Å²) >= 11 is 6.94. The Kier molecular flexibility index (Phi) is 16.3. The number of halogens is 1. The third-order valence-electron chi connectivity index (χ3n) is 9.80. The number of benzene rings is 5. The number of hydrogen-bond donors (Lipinski definition) is 0. The number of hydrogen-bond acceptors (Lipinski definition) is 6. The van der Waals surface area contributed by atoms with Gasteiger partial charge in [0, 0.05) is 5.03 Å². The Balaban J connectivity index is 1.30. The lowest BCUT2D eigenvalue weighted by molar-refractivity contribution is -0.264. The highest BCUT2D eigenvalue weighted by atomic mass is 35.5. The van der Waals surface area contributed by atoms with Crippen molar-refractivity contribution in [2.45, 2.75) is 77.2 Å². The summed E-state index contributed by atoms with van der Waals surface area (Å²) in [5, 5.41) is 0.631. The fourth-order valence-electron chi connectivity index (χ4n) is 6.77. The monoisotopic (exact) mass is 784 g/mol. The van der Waals surface area contributed by atoms with E-state index < -0.39 is 30.5 Å². The molecule has 6 rings (SSSR count). The van der Waals surface area contributed by atoms with Crippen LogP contribution in [0.2, 0.25) is 0 Å². The molecule has 1 aliphatic heterocycles. The lowest BCUT2D eigenvalue weighted by Crippen LogP contribution is -2.61. The molecule has 1 heterocycles. The molecule has 1 saturated heterocycles. The minimum atomic E-state index is -0.608.